The zero-order valence-electron chi connectivity index (χ0n) is 19.9. The summed E-state index contributed by atoms with van der Waals surface area (Å²) in [5.41, 5.74) is 6.46. The van der Waals surface area contributed by atoms with Crippen molar-refractivity contribution in [2.24, 2.45) is 0 Å². The largest absolute Gasteiger partial charge is 0.0691 e. The zero-order chi connectivity index (χ0) is 20.6. The molecule has 0 atom stereocenters. The Morgan fingerprint density at radius 3 is 0.593 bits per heavy atom. The zero-order valence-corrected chi connectivity index (χ0v) is 26.5. The molecule has 2 aliphatic rings. The van der Waals surface area contributed by atoms with Crippen LogP contribution in [0.15, 0.2) is 0 Å². The predicted octanol–water partition coefficient (Wildman–Crippen LogP) is 7.03. The Labute approximate surface area is 210 Å². The summed E-state index contributed by atoms with van der Waals surface area (Å²) in [5.74, 6) is 0. The fraction of sp³-hybridized carbons (Fsp3) is 0.545. The third kappa shape index (κ3) is 9.91. The average Bonchev–Trinajstić information content (AvgIpc) is 3.06. The molecule has 0 bridgehead atoms. The second-order valence-electron chi connectivity index (χ2n) is 11.8. The van der Waals surface area contributed by atoms with Crippen LogP contribution in [0, 0.1) is 101 Å². The molecule has 2 saturated carbocycles. The third-order valence-corrected chi connectivity index (χ3v) is 13.1. The van der Waals surface area contributed by atoms with Gasteiger partial charge in [0.2, 0.25) is 0 Å². The van der Waals surface area contributed by atoms with Crippen LogP contribution in [-0.4, -0.2) is 32.3 Å². The fourth-order valence-electron chi connectivity index (χ4n) is 2.75. The van der Waals surface area contributed by atoms with Gasteiger partial charge in [-0.2, -0.15) is 0 Å². The van der Waals surface area contributed by atoms with Gasteiger partial charge >= 0.3 is 0 Å². The van der Waals surface area contributed by atoms with Crippen LogP contribution in [0.25, 0.3) is 0 Å². The second-order valence-corrected chi connectivity index (χ2v) is 32.1. The molecule has 27 heavy (non-hydrogen) atoms. The van der Waals surface area contributed by atoms with Crippen molar-refractivity contribution in [2.75, 3.05) is 0 Å². The first kappa shape index (κ1) is 29.2. The quantitative estimate of drug-likeness (QED) is 0.319. The van der Waals surface area contributed by atoms with Crippen LogP contribution in [0.5, 0.6) is 0 Å². The second kappa shape index (κ2) is 10.7. The molecule has 0 heterocycles. The molecule has 0 amide bonds. The topological polar surface area (TPSA) is 0 Å². The Kier molecular flexibility index (Phi) is 11.6. The van der Waals surface area contributed by atoms with E-state index < -0.39 is 32.3 Å². The molecular weight excluding hydrogens is 527 g/mol. The van der Waals surface area contributed by atoms with E-state index >= 15 is 0 Å². The van der Waals surface area contributed by atoms with E-state index in [1.165, 1.54) is 0 Å². The van der Waals surface area contributed by atoms with Crippen LogP contribution in [0.3, 0.4) is 0 Å². The van der Waals surface area contributed by atoms with E-state index in [-0.39, 0.29) is 40.4 Å². The minimum absolute atomic E-state index is 0. The van der Waals surface area contributed by atoms with Gasteiger partial charge in [-0.25, -0.2) is 0 Å². The normalized spacial score (nSPS) is 21.8. The summed E-state index contributed by atoms with van der Waals surface area (Å²) in [6.07, 6.45) is 14.3. The summed E-state index contributed by atoms with van der Waals surface area (Å²) in [7, 11) is -4.28. The minimum atomic E-state index is -1.07. The summed E-state index contributed by atoms with van der Waals surface area (Å²) in [6.45, 7) is 29.0. The number of hydrogen-bond donors (Lipinski definition) is 0. The van der Waals surface area contributed by atoms with E-state index in [1.54, 1.807) is 22.2 Å². The summed E-state index contributed by atoms with van der Waals surface area (Å²) < 4.78 is 0. The molecule has 0 unspecified atom stereocenters. The first-order chi connectivity index (χ1) is 11.4. The maximum atomic E-state index is 2.46. The molecule has 0 aliphatic heterocycles. The van der Waals surface area contributed by atoms with E-state index in [2.05, 4.69) is 117 Å². The van der Waals surface area contributed by atoms with Crippen LogP contribution in [0.2, 0.25) is 78.6 Å². The average molecular weight is 569 g/mol. The Morgan fingerprint density at radius 1 is 0.370 bits per heavy atom. The van der Waals surface area contributed by atoms with Gasteiger partial charge < -0.3 is 0 Å². The summed E-state index contributed by atoms with van der Waals surface area (Å²) in [4.78, 5) is 0. The van der Waals surface area contributed by atoms with E-state index in [0.717, 1.165) is 0 Å². The van der Waals surface area contributed by atoms with E-state index in [0.29, 0.717) is 0 Å². The van der Waals surface area contributed by atoms with Crippen molar-refractivity contribution in [2.45, 2.75) is 78.6 Å². The summed E-state index contributed by atoms with van der Waals surface area (Å²) >= 11 is 0. The number of rotatable bonds is 4. The van der Waals surface area contributed by atoms with Crippen molar-refractivity contribution in [1.82, 2.24) is 0 Å². The summed E-state index contributed by atoms with van der Waals surface area (Å²) in [5, 5.41) is 0. The molecule has 0 aromatic heterocycles. The summed E-state index contributed by atoms with van der Waals surface area (Å²) in [6, 6.07) is 0. The molecule has 2 fully saturated rings. The minimum Gasteiger partial charge on any atom is -0.0691 e. The van der Waals surface area contributed by atoms with Crippen LogP contribution in [0.1, 0.15) is 0 Å². The van der Waals surface area contributed by atoms with Crippen molar-refractivity contribution in [3.8, 4) is 0 Å². The van der Waals surface area contributed by atoms with Crippen LogP contribution in [0.4, 0.5) is 0 Å². The van der Waals surface area contributed by atoms with Gasteiger partial charge in [0.15, 0.2) is 0 Å². The molecule has 152 valence electrons. The van der Waals surface area contributed by atoms with Crippen LogP contribution >= 0.6 is 0 Å². The Hall–Kier alpha value is 2.21. The molecule has 0 nitrogen and oxygen atoms in total. The molecule has 0 aromatic carbocycles. The van der Waals surface area contributed by atoms with Crippen molar-refractivity contribution < 1.29 is 40.4 Å². The van der Waals surface area contributed by atoms with Crippen molar-refractivity contribution in [1.29, 1.82) is 0 Å². The van der Waals surface area contributed by atoms with Gasteiger partial charge in [-0.3, -0.25) is 0 Å². The first-order valence-corrected chi connectivity index (χ1v) is 24.0. The van der Waals surface area contributed by atoms with Gasteiger partial charge in [-0.1, -0.05) is 78.6 Å². The molecule has 0 spiro atoms. The molecule has 0 aromatic rings. The van der Waals surface area contributed by atoms with Crippen LogP contribution in [-0.2, 0) is 0 Å². The molecule has 2 aliphatic carbocycles. The van der Waals surface area contributed by atoms with Gasteiger partial charge in [0.25, 0.3) is 0 Å². The molecule has 2 rings (SSSR count). The van der Waals surface area contributed by atoms with Gasteiger partial charge in [0.1, 0.15) is 0 Å². The Bertz CT molecular complexity index is 355. The first-order valence-electron chi connectivity index (χ1n) is 9.98. The van der Waals surface area contributed by atoms with Gasteiger partial charge in [-0.05, 0) is 60.7 Å². The maximum Gasteiger partial charge on any atom is 0.0516 e. The van der Waals surface area contributed by atoms with E-state index in [1.807, 2.05) is 0 Å². The molecule has 0 N–H and O–H groups in total. The van der Waals surface area contributed by atoms with Gasteiger partial charge in [0, 0.05) is 40.4 Å². The van der Waals surface area contributed by atoms with Crippen molar-refractivity contribution >= 4 is 32.3 Å². The van der Waals surface area contributed by atoms with Gasteiger partial charge in [0.05, 0.1) is 32.3 Å². The standard InChI is InChI=1S/2C11H21Si2.Sm/c2*1-12(2,3)10-7-8-11(9-10)13(4,5)6;/h2*7-9H,1-6H3;. The van der Waals surface area contributed by atoms with E-state index in [4.69, 9.17) is 0 Å². The Balaban J connectivity index is 0.000000483. The Morgan fingerprint density at radius 2 is 0.519 bits per heavy atom. The molecule has 10 radical (unpaired) electrons. The maximum absolute atomic E-state index is 2.46. The van der Waals surface area contributed by atoms with Crippen molar-refractivity contribution in [3.05, 3.63) is 60.7 Å². The fourth-order valence-corrected chi connectivity index (χ4v) is 7.73. The third-order valence-electron chi connectivity index (χ3n) is 4.97. The molecule has 5 heteroatoms. The van der Waals surface area contributed by atoms with Crippen LogP contribution < -0.4 is 0 Å². The number of hydrogen-bond acceptors (Lipinski definition) is 0. The monoisotopic (exact) mass is 570 g/mol. The van der Waals surface area contributed by atoms with Crippen molar-refractivity contribution in [3.63, 3.8) is 0 Å². The SMILES string of the molecule is C[Si](C)(C)[C]1[CH][CH][C]([Si](C)(C)C)[CH]1.C[Si](C)(C)[C]1[CH][CH][C]([Si](C)(C)C)[CH]1.[Sm]. The molecule has 0 saturated heterocycles. The smallest absolute Gasteiger partial charge is 0.0516 e. The predicted molar refractivity (Wildman–Crippen MR) is 132 cm³/mol. The molecular formula is C22H42Si4Sm. The van der Waals surface area contributed by atoms with Gasteiger partial charge in [-0.15, -0.1) is 0 Å². The van der Waals surface area contributed by atoms with E-state index in [9.17, 15) is 0 Å².